The van der Waals surface area contributed by atoms with Crippen LogP contribution in [0.15, 0.2) is 48.5 Å². The van der Waals surface area contributed by atoms with Crippen LogP contribution < -0.4 is 10.6 Å². The summed E-state index contributed by atoms with van der Waals surface area (Å²) < 4.78 is 0. The number of rotatable bonds is 8. The molecule has 0 atom stereocenters. The van der Waals surface area contributed by atoms with Gasteiger partial charge in [-0.05, 0) is 35.7 Å². The summed E-state index contributed by atoms with van der Waals surface area (Å²) in [5.74, 6) is 0.607. The zero-order valence-electron chi connectivity index (χ0n) is 14.0. The Kier molecular flexibility index (Phi) is 7.82. The number of hydrogen-bond donors (Lipinski definition) is 2. The monoisotopic (exact) mass is 376 g/mol. The standard InChI is InChI=1S/C19H21ClN2O2S/c1-2-15-7-3-4-9-17(15)22-18(23)11-21-19(24)13-25-12-14-6-5-8-16(20)10-14/h3-10H,2,11-13H2,1H3,(H,21,24)(H,22,23). The van der Waals surface area contributed by atoms with Gasteiger partial charge in [-0.1, -0.05) is 48.9 Å². The summed E-state index contributed by atoms with van der Waals surface area (Å²) in [5.41, 5.74) is 2.93. The molecule has 0 aliphatic carbocycles. The Balaban J connectivity index is 1.69. The molecule has 2 N–H and O–H groups in total. The van der Waals surface area contributed by atoms with Crippen molar-refractivity contribution < 1.29 is 9.59 Å². The van der Waals surface area contributed by atoms with Crippen molar-refractivity contribution in [2.24, 2.45) is 0 Å². The van der Waals surface area contributed by atoms with E-state index in [9.17, 15) is 9.59 Å². The van der Waals surface area contributed by atoms with Gasteiger partial charge in [0.2, 0.25) is 11.8 Å². The Labute approximate surface area is 157 Å². The van der Waals surface area contributed by atoms with Crippen molar-refractivity contribution in [2.45, 2.75) is 19.1 Å². The highest BCUT2D eigenvalue weighted by Gasteiger charge is 2.08. The van der Waals surface area contributed by atoms with Crippen LogP contribution in [0.3, 0.4) is 0 Å². The van der Waals surface area contributed by atoms with Gasteiger partial charge in [0.15, 0.2) is 0 Å². The van der Waals surface area contributed by atoms with Gasteiger partial charge in [0, 0.05) is 16.5 Å². The lowest BCUT2D eigenvalue weighted by atomic mass is 10.1. The van der Waals surface area contributed by atoms with Crippen molar-refractivity contribution in [3.05, 3.63) is 64.7 Å². The van der Waals surface area contributed by atoms with Crippen LogP contribution >= 0.6 is 23.4 Å². The normalized spacial score (nSPS) is 10.3. The van der Waals surface area contributed by atoms with Crippen LogP contribution in [0.2, 0.25) is 5.02 Å². The number of benzene rings is 2. The minimum absolute atomic E-state index is 0.0331. The molecule has 0 aliphatic rings. The molecule has 0 saturated carbocycles. The van der Waals surface area contributed by atoms with Gasteiger partial charge in [-0.15, -0.1) is 11.8 Å². The average Bonchev–Trinajstić information content (AvgIpc) is 2.60. The molecule has 0 aliphatic heterocycles. The molecule has 2 aromatic carbocycles. The molecule has 0 heterocycles. The van der Waals surface area contributed by atoms with E-state index in [1.165, 1.54) is 11.8 Å². The van der Waals surface area contributed by atoms with Crippen LogP contribution in [0.5, 0.6) is 0 Å². The lowest BCUT2D eigenvalue weighted by Crippen LogP contribution is -2.34. The molecule has 0 spiro atoms. The number of amides is 2. The first-order valence-electron chi connectivity index (χ1n) is 8.05. The molecule has 6 heteroatoms. The minimum Gasteiger partial charge on any atom is -0.346 e. The van der Waals surface area contributed by atoms with Gasteiger partial charge in [0.25, 0.3) is 0 Å². The smallest absolute Gasteiger partial charge is 0.243 e. The summed E-state index contributed by atoms with van der Waals surface area (Å²) in [6, 6.07) is 15.2. The van der Waals surface area contributed by atoms with E-state index in [-0.39, 0.29) is 18.4 Å². The summed E-state index contributed by atoms with van der Waals surface area (Å²) >= 11 is 7.41. The van der Waals surface area contributed by atoms with Crippen molar-refractivity contribution in [3.63, 3.8) is 0 Å². The van der Waals surface area contributed by atoms with Gasteiger partial charge in [-0.2, -0.15) is 0 Å². The number of para-hydroxylation sites is 1. The minimum atomic E-state index is -0.228. The van der Waals surface area contributed by atoms with Crippen molar-refractivity contribution in [1.82, 2.24) is 5.32 Å². The van der Waals surface area contributed by atoms with E-state index in [1.807, 2.05) is 55.5 Å². The van der Waals surface area contributed by atoms with Crippen molar-refractivity contribution >= 4 is 40.9 Å². The fourth-order valence-electron chi connectivity index (χ4n) is 2.26. The van der Waals surface area contributed by atoms with E-state index in [0.29, 0.717) is 16.5 Å². The Bertz CT molecular complexity index is 737. The third-order valence-corrected chi connectivity index (χ3v) is 4.75. The third kappa shape index (κ3) is 6.80. The molecule has 2 rings (SSSR count). The van der Waals surface area contributed by atoms with E-state index < -0.39 is 0 Å². The number of carbonyl (C=O) groups is 2. The first-order chi connectivity index (χ1) is 12.1. The maximum atomic E-state index is 12.0. The quantitative estimate of drug-likeness (QED) is 0.734. The van der Waals surface area contributed by atoms with Crippen molar-refractivity contribution in [2.75, 3.05) is 17.6 Å². The fourth-order valence-corrected chi connectivity index (χ4v) is 3.28. The highest BCUT2D eigenvalue weighted by molar-refractivity contribution is 7.99. The second-order valence-electron chi connectivity index (χ2n) is 5.46. The molecule has 0 radical (unpaired) electrons. The van der Waals surface area contributed by atoms with E-state index in [2.05, 4.69) is 10.6 Å². The molecule has 2 aromatic rings. The molecule has 25 heavy (non-hydrogen) atoms. The molecule has 0 fully saturated rings. The second-order valence-corrected chi connectivity index (χ2v) is 6.88. The zero-order valence-corrected chi connectivity index (χ0v) is 15.6. The Hall–Kier alpha value is -1.98. The molecule has 0 aromatic heterocycles. The summed E-state index contributed by atoms with van der Waals surface area (Å²) in [7, 11) is 0. The summed E-state index contributed by atoms with van der Waals surface area (Å²) in [6.07, 6.45) is 0.836. The molecule has 0 unspecified atom stereocenters. The average molecular weight is 377 g/mol. The molecule has 132 valence electrons. The lowest BCUT2D eigenvalue weighted by molar-refractivity contribution is -0.122. The zero-order chi connectivity index (χ0) is 18.1. The van der Waals surface area contributed by atoms with Crippen LogP contribution in [0.25, 0.3) is 0 Å². The maximum Gasteiger partial charge on any atom is 0.243 e. The molecule has 4 nitrogen and oxygen atoms in total. The van der Waals surface area contributed by atoms with Crippen molar-refractivity contribution in [1.29, 1.82) is 0 Å². The topological polar surface area (TPSA) is 58.2 Å². The van der Waals surface area contributed by atoms with Gasteiger partial charge in [0.05, 0.1) is 12.3 Å². The Morgan fingerprint density at radius 1 is 1.08 bits per heavy atom. The van der Waals surface area contributed by atoms with E-state index >= 15 is 0 Å². The Morgan fingerprint density at radius 2 is 1.88 bits per heavy atom. The van der Waals surface area contributed by atoms with E-state index in [1.54, 1.807) is 0 Å². The first kappa shape index (κ1) is 19.3. The lowest BCUT2D eigenvalue weighted by Gasteiger charge is -2.10. The van der Waals surface area contributed by atoms with Gasteiger partial charge in [-0.25, -0.2) is 0 Å². The van der Waals surface area contributed by atoms with Gasteiger partial charge in [0.1, 0.15) is 0 Å². The number of thioether (sulfide) groups is 1. The molecular weight excluding hydrogens is 356 g/mol. The van der Waals surface area contributed by atoms with Crippen LogP contribution in [0.1, 0.15) is 18.1 Å². The molecule has 2 amide bonds. The highest BCUT2D eigenvalue weighted by atomic mass is 35.5. The van der Waals surface area contributed by atoms with Gasteiger partial charge >= 0.3 is 0 Å². The second kappa shape index (κ2) is 10.1. The van der Waals surface area contributed by atoms with Crippen LogP contribution in [0, 0.1) is 0 Å². The largest absolute Gasteiger partial charge is 0.346 e. The summed E-state index contributed by atoms with van der Waals surface area (Å²) in [6.45, 7) is 2.00. The predicted molar refractivity (Wildman–Crippen MR) is 105 cm³/mol. The van der Waals surface area contributed by atoms with E-state index in [4.69, 9.17) is 11.6 Å². The highest BCUT2D eigenvalue weighted by Crippen LogP contribution is 2.16. The summed E-state index contributed by atoms with van der Waals surface area (Å²) in [5, 5.41) is 6.16. The molecule has 0 saturated heterocycles. The molecule has 0 bridgehead atoms. The number of carbonyl (C=O) groups excluding carboxylic acids is 2. The predicted octanol–water partition coefficient (Wildman–Crippen LogP) is 3.89. The van der Waals surface area contributed by atoms with Gasteiger partial charge in [-0.3, -0.25) is 9.59 Å². The fraction of sp³-hybridized carbons (Fsp3) is 0.263. The Morgan fingerprint density at radius 3 is 2.64 bits per heavy atom. The number of halogens is 1. The van der Waals surface area contributed by atoms with Crippen LogP contribution in [-0.2, 0) is 21.8 Å². The number of hydrogen-bond acceptors (Lipinski definition) is 3. The first-order valence-corrected chi connectivity index (χ1v) is 9.58. The number of aryl methyl sites for hydroxylation is 1. The third-order valence-electron chi connectivity index (χ3n) is 3.51. The SMILES string of the molecule is CCc1ccccc1NC(=O)CNC(=O)CSCc1cccc(Cl)c1. The van der Waals surface area contributed by atoms with Crippen LogP contribution in [-0.4, -0.2) is 24.1 Å². The van der Waals surface area contributed by atoms with Crippen LogP contribution in [0.4, 0.5) is 5.69 Å². The van der Waals surface area contributed by atoms with E-state index in [0.717, 1.165) is 23.2 Å². The van der Waals surface area contributed by atoms with Crippen molar-refractivity contribution in [3.8, 4) is 0 Å². The molecular formula is C19H21ClN2O2S. The number of nitrogens with one attached hydrogen (secondary N) is 2. The summed E-state index contributed by atoms with van der Waals surface area (Å²) in [4.78, 5) is 23.8. The number of anilines is 1. The maximum absolute atomic E-state index is 12.0. The van der Waals surface area contributed by atoms with Gasteiger partial charge < -0.3 is 10.6 Å².